The molecule has 0 heterocycles. The fraction of sp³-hybridized carbons (Fsp3) is 0.462. The molecule has 1 aromatic rings. The number of thioether (sulfide) groups is 1. The lowest BCUT2D eigenvalue weighted by Gasteiger charge is -2.27. The molecule has 100 valence electrons. The molecule has 0 fully saturated rings. The van der Waals surface area contributed by atoms with Crippen LogP contribution in [0.5, 0.6) is 5.75 Å². The number of phenols is 1. The van der Waals surface area contributed by atoms with Gasteiger partial charge in [0.25, 0.3) is 5.91 Å². The molecule has 5 heteroatoms. The van der Waals surface area contributed by atoms with Crippen molar-refractivity contribution in [3.8, 4) is 5.75 Å². The van der Waals surface area contributed by atoms with E-state index in [2.05, 4.69) is 0 Å². The highest BCUT2D eigenvalue weighted by Gasteiger charge is 2.21. The molecule has 18 heavy (non-hydrogen) atoms. The summed E-state index contributed by atoms with van der Waals surface area (Å²) >= 11 is 7.55. The first-order chi connectivity index (χ1) is 8.51. The lowest BCUT2D eigenvalue weighted by atomic mass is 10.1. The number of benzene rings is 1. The number of hydrogen-bond acceptors (Lipinski definition) is 3. The summed E-state index contributed by atoms with van der Waals surface area (Å²) in [6, 6.07) is 4.67. The van der Waals surface area contributed by atoms with Gasteiger partial charge in [0.2, 0.25) is 0 Å². The minimum Gasteiger partial charge on any atom is -0.507 e. The number of nitrogens with zero attached hydrogens (tertiary/aromatic N) is 1. The third kappa shape index (κ3) is 3.56. The second-order valence-corrected chi connectivity index (χ2v) is 5.44. The van der Waals surface area contributed by atoms with Crippen molar-refractivity contribution in [3.63, 3.8) is 0 Å². The fourth-order valence-electron chi connectivity index (χ4n) is 1.73. The third-order valence-electron chi connectivity index (χ3n) is 2.89. The van der Waals surface area contributed by atoms with Crippen molar-refractivity contribution in [1.82, 2.24) is 4.90 Å². The van der Waals surface area contributed by atoms with Gasteiger partial charge in [-0.3, -0.25) is 4.79 Å². The maximum atomic E-state index is 12.3. The molecule has 0 aliphatic carbocycles. The summed E-state index contributed by atoms with van der Waals surface area (Å²) in [6.07, 6.45) is 2.89. The molecule has 0 aliphatic heterocycles. The molecule has 0 saturated carbocycles. The average Bonchev–Trinajstić information content (AvgIpc) is 2.37. The van der Waals surface area contributed by atoms with E-state index >= 15 is 0 Å². The van der Waals surface area contributed by atoms with Gasteiger partial charge in [-0.1, -0.05) is 18.5 Å². The van der Waals surface area contributed by atoms with Crippen molar-refractivity contribution < 1.29 is 9.90 Å². The Labute approximate surface area is 117 Å². The van der Waals surface area contributed by atoms with E-state index < -0.39 is 0 Å². The highest BCUT2D eigenvalue weighted by Crippen LogP contribution is 2.24. The monoisotopic (exact) mass is 287 g/mol. The largest absolute Gasteiger partial charge is 0.507 e. The van der Waals surface area contributed by atoms with E-state index in [1.807, 2.05) is 13.2 Å². The Morgan fingerprint density at radius 3 is 2.78 bits per heavy atom. The van der Waals surface area contributed by atoms with E-state index in [9.17, 15) is 9.90 Å². The van der Waals surface area contributed by atoms with Gasteiger partial charge >= 0.3 is 0 Å². The summed E-state index contributed by atoms with van der Waals surface area (Å²) in [5, 5.41) is 10.2. The van der Waals surface area contributed by atoms with E-state index in [1.165, 1.54) is 12.1 Å². The summed E-state index contributed by atoms with van der Waals surface area (Å²) in [7, 11) is 1.76. The Balaban J connectivity index is 2.95. The number of carbonyl (C=O) groups is 1. The molecule has 0 bridgehead atoms. The predicted octanol–water partition coefficient (Wildman–Crippen LogP) is 3.26. The predicted molar refractivity (Wildman–Crippen MR) is 77.7 cm³/mol. The molecule has 1 unspecified atom stereocenters. The number of hydrogen-bond donors (Lipinski definition) is 1. The molecule has 1 N–H and O–H groups in total. The number of carbonyl (C=O) groups excluding carboxylic acids is 1. The lowest BCUT2D eigenvalue weighted by Crippen LogP contribution is -2.38. The van der Waals surface area contributed by atoms with Gasteiger partial charge in [0, 0.05) is 23.9 Å². The van der Waals surface area contributed by atoms with Crippen LogP contribution in [-0.4, -0.2) is 41.0 Å². The minimum absolute atomic E-state index is 0.0322. The number of halogens is 1. The summed E-state index contributed by atoms with van der Waals surface area (Å²) in [5.41, 5.74) is 0.254. The normalized spacial score (nSPS) is 12.2. The smallest absolute Gasteiger partial charge is 0.257 e. The van der Waals surface area contributed by atoms with Crippen molar-refractivity contribution in [2.45, 2.75) is 19.4 Å². The van der Waals surface area contributed by atoms with E-state index in [0.29, 0.717) is 5.02 Å². The van der Waals surface area contributed by atoms with E-state index in [1.54, 1.807) is 29.8 Å². The molecule has 1 amide bonds. The number of aromatic hydroxyl groups is 1. The molecule has 0 aromatic heterocycles. The summed E-state index contributed by atoms with van der Waals surface area (Å²) in [4.78, 5) is 14.0. The Kier molecular flexibility index (Phi) is 5.82. The van der Waals surface area contributed by atoms with E-state index in [0.717, 1.165) is 12.2 Å². The van der Waals surface area contributed by atoms with Crippen molar-refractivity contribution in [3.05, 3.63) is 28.8 Å². The number of amides is 1. The molecule has 1 aromatic carbocycles. The van der Waals surface area contributed by atoms with Crippen LogP contribution in [0.25, 0.3) is 0 Å². The lowest BCUT2D eigenvalue weighted by molar-refractivity contribution is 0.0740. The van der Waals surface area contributed by atoms with Gasteiger partial charge in [-0.25, -0.2) is 0 Å². The van der Waals surface area contributed by atoms with Gasteiger partial charge in [0.05, 0.1) is 5.56 Å². The third-order valence-corrected chi connectivity index (χ3v) is 3.84. The molecule has 0 spiro atoms. The Morgan fingerprint density at radius 1 is 1.56 bits per heavy atom. The molecule has 1 atom stereocenters. The standard InChI is InChI=1S/C13H18ClNO2S/c1-4-10(8-18-3)15(2)13(17)11-7-9(14)5-6-12(11)16/h5-7,10,16H,4,8H2,1-3H3. The van der Waals surface area contributed by atoms with Crippen LogP contribution in [0.3, 0.4) is 0 Å². The van der Waals surface area contributed by atoms with Crippen molar-refractivity contribution in [2.24, 2.45) is 0 Å². The Morgan fingerprint density at radius 2 is 2.22 bits per heavy atom. The Bertz CT molecular complexity index is 425. The summed E-state index contributed by atoms with van der Waals surface area (Å²) in [6.45, 7) is 2.04. The zero-order valence-corrected chi connectivity index (χ0v) is 12.4. The van der Waals surface area contributed by atoms with Crippen LogP contribution in [0.2, 0.25) is 5.02 Å². The molecular weight excluding hydrogens is 270 g/mol. The van der Waals surface area contributed by atoms with Crippen molar-refractivity contribution >= 4 is 29.3 Å². The van der Waals surface area contributed by atoms with Gasteiger partial charge in [-0.05, 0) is 30.9 Å². The van der Waals surface area contributed by atoms with Crippen LogP contribution >= 0.6 is 23.4 Å². The van der Waals surface area contributed by atoms with Crippen LogP contribution in [-0.2, 0) is 0 Å². The SMILES string of the molecule is CCC(CSC)N(C)C(=O)c1cc(Cl)ccc1O. The Hall–Kier alpha value is -0.870. The van der Waals surface area contributed by atoms with Crippen LogP contribution < -0.4 is 0 Å². The zero-order valence-electron chi connectivity index (χ0n) is 10.8. The maximum absolute atomic E-state index is 12.3. The second-order valence-electron chi connectivity index (χ2n) is 4.09. The zero-order chi connectivity index (χ0) is 13.7. The van der Waals surface area contributed by atoms with E-state index in [-0.39, 0.29) is 23.3 Å². The van der Waals surface area contributed by atoms with Crippen LogP contribution in [0.4, 0.5) is 0 Å². The fourth-order valence-corrected chi connectivity index (χ4v) is 2.75. The van der Waals surface area contributed by atoms with Gasteiger partial charge in [0.15, 0.2) is 0 Å². The van der Waals surface area contributed by atoms with E-state index in [4.69, 9.17) is 11.6 Å². The highest BCUT2D eigenvalue weighted by molar-refractivity contribution is 7.98. The van der Waals surface area contributed by atoms with Gasteiger partial charge in [-0.15, -0.1) is 0 Å². The molecule has 1 rings (SSSR count). The number of phenolic OH excluding ortho intramolecular Hbond substituents is 1. The first-order valence-corrected chi connectivity index (χ1v) is 7.53. The quantitative estimate of drug-likeness (QED) is 0.904. The summed E-state index contributed by atoms with van der Waals surface area (Å²) in [5.74, 6) is 0.645. The van der Waals surface area contributed by atoms with Crippen molar-refractivity contribution in [1.29, 1.82) is 0 Å². The molecule has 0 radical (unpaired) electrons. The summed E-state index contributed by atoms with van der Waals surface area (Å²) < 4.78 is 0. The van der Waals surface area contributed by atoms with Crippen LogP contribution in [0, 0.1) is 0 Å². The van der Waals surface area contributed by atoms with Crippen LogP contribution in [0.1, 0.15) is 23.7 Å². The average molecular weight is 288 g/mol. The van der Waals surface area contributed by atoms with Gasteiger partial charge < -0.3 is 10.0 Å². The molecule has 0 aliphatic rings. The van der Waals surface area contributed by atoms with Crippen LogP contribution in [0.15, 0.2) is 18.2 Å². The first-order valence-electron chi connectivity index (χ1n) is 5.75. The van der Waals surface area contributed by atoms with Gasteiger partial charge in [0.1, 0.15) is 5.75 Å². The highest BCUT2D eigenvalue weighted by atomic mass is 35.5. The first kappa shape index (κ1) is 15.2. The van der Waals surface area contributed by atoms with Crippen molar-refractivity contribution in [2.75, 3.05) is 19.1 Å². The van der Waals surface area contributed by atoms with Gasteiger partial charge in [-0.2, -0.15) is 11.8 Å². The molecule has 3 nitrogen and oxygen atoms in total. The molecule has 0 saturated heterocycles. The second kappa shape index (κ2) is 6.90. The topological polar surface area (TPSA) is 40.5 Å². The number of rotatable bonds is 5. The minimum atomic E-state index is -0.198. The maximum Gasteiger partial charge on any atom is 0.257 e. The molecular formula is C13H18ClNO2S.